The van der Waals surface area contributed by atoms with Crippen LogP contribution in [0.4, 0.5) is 0 Å². The quantitative estimate of drug-likeness (QED) is 0.0723. The van der Waals surface area contributed by atoms with Crippen molar-refractivity contribution in [2.75, 3.05) is 32.9 Å². The Morgan fingerprint density at radius 2 is 1.18 bits per heavy atom. The first-order valence-corrected chi connectivity index (χ1v) is 19.5. The summed E-state index contributed by atoms with van der Waals surface area (Å²) in [6.45, 7) is 10.2. The molecule has 0 saturated carbocycles. The first kappa shape index (κ1) is 34.3. The van der Waals surface area contributed by atoms with Crippen LogP contribution in [0.15, 0.2) is 60.7 Å². The summed E-state index contributed by atoms with van der Waals surface area (Å²) in [5.41, 5.74) is -0.232. The van der Waals surface area contributed by atoms with Crippen molar-refractivity contribution >= 4 is 15.0 Å². The van der Waals surface area contributed by atoms with Gasteiger partial charge in [0.25, 0.3) is 0 Å². The number of carbonyl (C=O) groups is 1. The Labute approximate surface area is 272 Å². The van der Waals surface area contributed by atoms with Gasteiger partial charge >= 0.3 is 15.0 Å². The molecule has 3 saturated heterocycles. The maximum atomic E-state index is 15.1. The molecule has 3 aliphatic rings. The predicted octanol–water partition coefficient (Wildman–Crippen LogP) is 7.68. The van der Waals surface area contributed by atoms with Crippen LogP contribution in [0.1, 0.15) is 109 Å². The van der Waals surface area contributed by atoms with Crippen LogP contribution in [-0.2, 0) is 32.8 Å². The molecule has 2 unspecified atom stereocenters. The molecular formula is C37H56NO6Si+. The molecular weight excluding hydrogens is 582 g/mol. The summed E-state index contributed by atoms with van der Waals surface area (Å²) in [7, 11) is -3.88. The van der Waals surface area contributed by atoms with Crippen LogP contribution in [0.2, 0.25) is 0 Å². The molecule has 0 aromatic heterocycles. The second-order valence-corrected chi connectivity index (χ2v) is 15.3. The zero-order chi connectivity index (χ0) is 31.6. The van der Waals surface area contributed by atoms with E-state index < -0.39 is 20.6 Å². The largest absolute Gasteiger partial charge is 0.681 e. The van der Waals surface area contributed by atoms with Gasteiger partial charge in [-0.25, -0.2) is 4.79 Å². The number of nitrogens with zero attached hydrogens (tertiary/aromatic N) is 1. The molecule has 2 atom stereocenters. The van der Waals surface area contributed by atoms with Crippen LogP contribution in [0.3, 0.4) is 0 Å². The molecule has 0 amide bonds. The lowest BCUT2D eigenvalue weighted by Crippen LogP contribution is -2.61. The van der Waals surface area contributed by atoms with Gasteiger partial charge < -0.3 is 26.9 Å². The summed E-state index contributed by atoms with van der Waals surface area (Å²) in [4.78, 5) is 15.1. The van der Waals surface area contributed by atoms with Crippen molar-refractivity contribution < 1.29 is 31.7 Å². The summed E-state index contributed by atoms with van der Waals surface area (Å²) in [6, 6.07) is 20.7. The average molecular weight is 639 g/mol. The van der Waals surface area contributed by atoms with E-state index in [0.29, 0.717) is 43.0 Å². The molecule has 3 fully saturated rings. The molecule has 3 aliphatic heterocycles. The predicted molar refractivity (Wildman–Crippen MR) is 178 cm³/mol. The van der Waals surface area contributed by atoms with Gasteiger partial charge in [-0.1, -0.05) is 101 Å². The molecule has 0 radical (unpaired) electrons. The minimum Gasteiger partial charge on any atom is -0.459 e. The van der Waals surface area contributed by atoms with Gasteiger partial charge in [-0.3, -0.25) is 0 Å². The van der Waals surface area contributed by atoms with Crippen LogP contribution in [0, 0.1) is 0 Å². The molecule has 1 spiro atoms. The third kappa shape index (κ3) is 7.58. The molecule has 0 N–H and O–H groups in total. The lowest BCUT2D eigenvalue weighted by atomic mass is 9.86. The maximum Gasteiger partial charge on any atom is 0.681 e. The number of rotatable bonds is 18. The standard InChI is InChI=1S/C37H56NO6Si/c1-4-7-26-40-45(41-27-8-5-2,42-28-9-6-3)44-37(31-18-12-10-13-19-31,32-20-14-11-15-21-32)36(39)43-35-29-33-22-23-34(30-35)38(33)24-16-17-25-38/h10-15,18-21,33-35H,4-9,16-17,22-30H2,1-3H3/q+1. The van der Waals surface area contributed by atoms with Crippen molar-refractivity contribution in [3.8, 4) is 0 Å². The van der Waals surface area contributed by atoms with E-state index in [9.17, 15) is 0 Å². The second-order valence-electron chi connectivity index (χ2n) is 13.3. The average Bonchev–Trinajstić information content (AvgIpc) is 3.61. The molecule has 8 heteroatoms. The first-order chi connectivity index (χ1) is 22.0. The summed E-state index contributed by atoms with van der Waals surface area (Å²) in [6.07, 6.45) is 12.2. The number of hydrogen-bond donors (Lipinski definition) is 0. The number of unbranched alkanes of at least 4 members (excludes halogenated alkanes) is 3. The number of piperidine rings is 1. The van der Waals surface area contributed by atoms with E-state index in [-0.39, 0.29) is 6.10 Å². The summed E-state index contributed by atoms with van der Waals surface area (Å²) in [5.74, 6) is -0.409. The molecule has 0 aliphatic carbocycles. The van der Waals surface area contributed by atoms with Crippen LogP contribution in [0.25, 0.3) is 0 Å². The fourth-order valence-corrected chi connectivity index (χ4v) is 10.2. The Kier molecular flexibility index (Phi) is 12.3. The highest BCUT2D eigenvalue weighted by molar-refractivity contribution is 6.54. The van der Waals surface area contributed by atoms with E-state index in [4.69, 9.17) is 22.4 Å². The van der Waals surface area contributed by atoms with Crippen molar-refractivity contribution in [2.45, 2.75) is 122 Å². The zero-order valence-corrected chi connectivity index (χ0v) is 28.9. The second kappa shape index (κ2) is 16.2. The van der Waals surface area contributed by atoms with Crippen molar-refractivity contribution in [1.82, 2.24) is 0 Å². The van der Waals surface area contributed by atoms with Crippen molar-refractivity contribution in [3.05, 3.63) is 71.8 Å². The highest BCUT2D eigenvalue weighted by Gasteiger charge is 2.60. The fraction of sp³-hybridized carbons (Fsp3) is 0.649. The van der Waals surface area contributed by atoms with Gasteiger partial charge in [-0.2, -0.15) is 0 Å². The molecule has 7 nitrogen and oxygen atoms in total. The van der Waals surface area contributed by atoms with Gasteiger partial charge in [0.2, 0.25) is 5.60 Å². The van der Waals surface area contributed by atoms with Crippen molar-refractivity contribution in [2.24, 2.45) is 0 Å². The SMILES string of the molecule is CCCCO[Si](OCCCC)(OCCCC)OC(C(=O)OC1CC2CCC(C1)[N+]21CCCC1)(c1ccccc1)c1ccccc1. The Morgan fingerprint density at radius 3 is 1.60 bits per heavy atom. The number of hydrogen-bond acceptors (Lipinski definition) is 6. The van der Waals surface area contributed by atoms with Crippen molar-refractivity contribution in [1.29, 1.82) is 0 Å². The Bertz CT molecular complexity index is 1090. The number of quaternary nitrogens is 1. The minimum absolute atomic E-state index is 0.145. The lowest BCUT2D eigenvalue weighted by molar-refractivity contribution is -0.956. The Morgan fingerprint density at radius 1 is 0.733 bits per heavy atom. The third-order valence-corrected chi connectivity index (χ3v) is 12.5. The van der Waals surface area contributed by atoms with Crippen LogP contribution < -0.4 is 0 Å². The summed E-state index contributed by atoms with van der Waals surface area (Å²) < 4.78 is 34.8. The number of esters is 1. The first-order valence-electron chi connectivity index (χ1n) is 17.8. The molecule has 45 heavy (non-hydrogen) atoms. The van der Waals surface area contributed by atoms with Gasteiger partial charge in [-0.15, -0.1) is 0 Å². The third-order valence-electron chi connectivity index (χ3n) is 10.3. The molecule has 5 rings (SSSR count). The van der Waals surface area contributed by atoms with Gasteiger partial charge in [0.05, 0.1) is 25.2 Å². The molecule has 248 valence electrons. The topological polar surface area (TPSA) is 63.2 Å². The fourth-order valence-electron chi connectivity index (χ4n) is 7.87. The van der Waals surface area contributed by atoms with E-state index in [1.165, 1.54) is 43.3 Å². The molecule has 2 aromatic rings. The van der Waals surface area contributed by atoms with Crippen LogP contribution >= 0.6 is 0 Å². The summed E-state index contributed by atoms with van der Waals surface area (Å²) in [5, 5.41) is 0. The number of benzene rings is 2. The molecule has 2 bridgehead atoms. The highest BCUT2D eigenvalue weighted by Crippen LogP contribution is 2.47. The minimum atomic E-state index is -3.88. The zero-order valence-electron chi connectivity index (χ0n) is 27.9. The Hall–Kier alpha value is -2.07. The Balaban J connectivity index is 1.54. The van der Waals surface area contributed by atoms with E-state index >= 15 is 4.79 Å². The lowest BCUT2D eigenvalue weighted by Gasteiger charge is -2.47. The monoisotopic (exact) mass is 638 g/mol. The van der Waals surface area contributed by atoms with Gasteiger partial charge in [0, 0.05) is 58.3 Å². The van der Waals surface area contributed by atoms with Gasteiger partial charge in [0.15, 0.2) is 0 Å². The van der Waals surface area contributed by atoms with E-state index in [2.05, 4.69) is 20.8 Å². The maximum absolute atomic E-state index is 15.1. The van der Waals surface area contributed by atoms with Gasteiger partial charge in [0.1, 0.15) is 6.10 Å². The van der Waals surface area contributed by atoms with Crippen LogP contribution in [0.5, 0.6) is 0 Å². The summed E-state index contributed by atoms with van der Waals surface area (Å²) >= 11 is 0. The molecule has 3 heterocycles. The molecule has 2 aromatic carbocycles. The van der Waals surface area contributed by atoms with E-state index in [1.54, 1.807) is 0 Å². The van der Waals surface area contributed by atoms with Crippen LogP contribution in [-0.4, -0.2) is 70.6 Å². The van der Waals surface area contributed by atoms with E-state index in [1.807, 2.05) is 60.7 Å². The number of ether oxygens (including phenoxy) is 1. The van der Waals surface area contributed by atoms with Gasteiger partial charge in [-0.05, 0) is 30.4 Å². The number of carbonyl (C=O) groups excluding carboxylic acids is 1. The van der Waals surface area contributed by atoms with E-state index in [0.717, 1.165) is 51.4 Å². The van der Waals surface area contributed by atoms with Crippen molar-refractivity contribution in [3.63, 3.8) is 0 Å². The normalized spacial score (nSPS) is 22.6. The highest BCUT2D eigenvalue weighted by atomic mass is 28.4. The smallest absolute Gasteiger partial charge is 0.459 e.